The number of benzene rings is 1. The van der Waals surface area contributed by atoms with Gasteiger partial charge in [-0.15, -0.1) is 10.2 Å². The van der Waals surface area contributed by atoms with Crippen molar-refractivity contribution in [1.82, 2.24) is 10.2 Å². The Labute approximate surface area is 106 Å². The highest BCUT2D eigenvalue weighted by Gasteiger charge is 2.07. The lowest BCUT2D eigenvalue weighted by molar-refractivity contribution is 0.485. The van der Waals surface area contributed by atoms with Crippen LogP contribution in [0.1, 0.15) is 30.2 Å². The summed E-state index contributed by atoms with van der Waals surface area (Å²) < 4.78 is 5.33. The first-order valence-corrected chi connectivity index (χ1v) is 6.83. The molecule has 0 aliphatic rings. The number of nitrogens with zero attached hydrogens (tertiary/aromatic N) is 2. The van der Waals surface area contributed by atoms with E-state index in [1.165, 1.54) is 5.56 Å². The zero-order chi connectivity index (χ0) is 12.1. The van der Waals surface area contributed by atoms with Gasteiger partial charge in [0.25, 0.3) is 0 Å². The maximum atomic E-state index is 5.33. The third-order valence-corrected chi connectivity index (χ3v) is 3.72. The Hall–Kier alpha value is -1.29. The van der Waals surface area contributed by atoms with Crippen LogP contribution in [0.2, 0.25) is 0 Å². The van der Waals surface area contributed by atoms with Gasteiger partial charge in [0, 0.05) is 12.7 Å². The van der Waals surface area contributed by atoms with Crippen molar-refractivity contribution in [3.8, 4) is 0 Å². The van der Waals surface area contributed by atoms with Gasteiger partial charge in [-0.25, -0.2) is 0 Å². The monoisotopic (exact) mass is 248 g/mol. The second kappa shape index (κ2) is 5.87. The second-order valence-corrected chi connectivity index (χ2v) is 5.07. The Bertz CT molecular complexity index is 455. The van der Waals surface area contributed by atoms with Crippen molar-refractivity contribution in [2.24, 2.45) is 0 Å². The molecule has 0 aliphatic carbocycles. The lowest BCUT2D eigenvalue weighted by Gasteiger charge is -2.10. The maximum absolute atomic E-state index is 5.33. The van der Waals surface area contributed by atoms with Gasteiger partial charge in [0.15, 0.2) is 0 Å². The van der Waals surface area contributed by atoms with Crippen LogP contribution in [0, 0.1) is 6.92 Å². The van der Waals surface area contributed by atoms with E-state index in [9.17, 15) is 0 Å². The third kappa shape index (κ3) is 3.60. The fraction of sp³-hybridized carbons (Fsp3) is 0.385. The number of thioether (sulfide) groups is 1. The van der Waals surface area contributed by atoms with Gasteiger partial charge in [-0.2, -0.15) is 11.8 Å². The summed E-state index contributed by atoms with van der Waals surface area (Å²) in [7, 11) is 0. The van der Waals surface area contributed by atoms with E-state index in [1.807, 2.05) is 24.8 Å². The Morgan fingerprint density at radius 1 is 1.24 bits per heavy atom. The molecule has 0 saturated carbocycles. The minimum atomic E-state index is 0.546. The molecule has 0 fully saturated rings. The number of hydrogen-bond donors (Lipinski definition) is 0. The summed E-state index contributed by atoms with van der Waals surface area (Å²) in [5.74, 6) is 3.75. The predicted octanol–water partition coefficient (Wildman–Crippen LogP) is 3.41. The lowest BCUT2D eigenvalue weighted by atomic mass is 10.0. The molecule has 0 spiro atoms. The molecule has 3 nitrogen and oxygen atoms in total. The zero-order valence-corrected chi connectivity index (χ0v) is 10.9. The van der Waals surface area contributed by atoms with E-state index in [4.69, 9.17) is 4.42 Å². The van der Waals surface area contributed by atoms with E-state index in [0.29, 0.717) is 17.7 Å². The van der Waals surface area contributed by atoms with Gasteiger partial charge in [-0.3, -0.25) is 0 Å². The smallest absolute Gasteiger partial charge is 0.226 e. The van der Waals surface area contributed by atoms with Gasteiger partial charge < -0.3 is 4.42 Å². The van der Waals surface area contributed by atoms with Crippen LogP contribution in [0.3, 0.4) is 0 Å². The zero-order valence-electron chi connectivity index (χ0n) is 10.1. The molecule has 0 bridgehead atoms. The summed E-state index contributed by atoms with van der Waals surface area (Å²) in [6.07, 6.45) is 0. The average molecular weight is 248 g/mol. The Morgan fingerprint density at radius 2 is 2.00 bits per heavy atom. The quantitative estimate of drug-likeness (QED) is 0.812. The topological polar surface area (TPSA) is 38.9 Å². The van der Waals surface area contributed by atoms with Crippen molar-refractivity contribution in [3.05, 3.63) is 47.7 Å². The molecule has 0 saturated heterocycles. The maximum Gasteiger partial charge on any atom is 0.226 e. The van der Waals surface area contributed by atoms with Crippen molar-refractivity contribution in [2.45, 2.75) is 25.5 Å². The molecular weight excluding hydrogens is 232 g/mol. The average Bonchev–Trinajstić information content (AvgIpc) is 2.76. The number of rotatable bonds is 5. The lowest BCUT2D eigenvalue weighted by Crippen LogP contribution is -1.97. The highest BCUT2D eigenvalue weighted by atomic mass is 32.2. The molecule has 1 aromatic carbocycles. The molecule has 0 aliphatic heterocycles. The highest BCUT2D eigenvalue weighted by Crippen LogP contribution is 2.22. The first kappa shape index (κ1) is 12.2. The van der Waals surface area contributed by atoms with Crippen LogP contribution in [0.4, 0.5) is 0 Å². The summed E-state index contributed by atoms with van der Waals surface area (Å²) >= 11 is 1.83. The minimum Gasteiger partial charge on any atom is -0.425 e. The van der Waals surface area contributed by atoms with Crippen molar-refractivity contribution in [1.29, 1.82) is 0 Å². The molecule has 17 heavy (non-hydrogen) atoms. The predicted molar refractivity (Wildman–Crippen MR) is 70.1 cm³/mol. The van der Waals surface area contributed by atoms with Crippen molar-refractivity contribution in [3.63, 3.8) is 0 Å². The summed E-state index contributed by atoms with van der Waals surface area (Å²) in [5, 5.41) is 7.79. The van der Waals surface area contributed by atoms with E-state index in [0.717, 1.165) is 11.5 Å². The Balaban J connectivity index is 1.79. The highest BCUT2D eigenvalue weighted by molar-refractivity contribution is 7.98. The van der Waals surface area contributed by atoms with E-state index in [2.05, 4.69) is 41.4 Å². The van der Waals surface area contributed by atoms with Crippen molar-refractivity contribution >= 4 is 11.8 Å². The van der Waals surface area contributed by atoms with Gasteiger partial charge in [0.1, 0.15) is 0 Å². The number of hydrogen-bond acceptors (Lipinski definition) is 4. The molecular formula is C13H16N2OS. The van der Waals surface area contributed by atoms with Crippen LogP contribution in [-0.2, 0) is 5.75 Å². The van der Waals surface area contributed by atoms with Gasteiger partial charge >= 0.3 is 0 Å². The molecule has 1 aromatic heterocycles. The molecule has 90 valence electrons. The normalized spacial score (nSPS) is 12.6. The van der Waals surface area contributed by atoms with Crippen LogP contribution in [0.25, 0.3) is 0 Å². The van der Waals surface area contributed by atoms with E-state index >= 15 is 0 Å². The van der Waals surface area contributed by atoms with E-state index in [-0.39, 0.29) is 0 Å². The second-order valence-electron chi connectivity index (χ2n) is 4.04. The first-order valence-electron chi connectivity index (χ1n) is 5.67. The first-order chi connectivity index (χ1) is 8.25. The minimum absolute atomic E-state index is 0.546. The molecule has 1 atom stereocenters. The summed E-state index contributed by atoms with van der Waals surface area (Å²) in [6, 6.07) is 10.5. The molecule has 0 radical (unpaired) electrons. The van der Waals surface area contributed by atoms with Crippen LogP contribution in [0.5, 0.6) is 0 Å². The summed E-state index contributed by atoms with van der Waals surface area (Å²) in [6.45, 7) is 4.05. The largest absolute Gasteiger partial charge is 0.425 e. The summed E-state index contributed by atoms with van der Waals surface area (Å²) in [5.41, 5.74) is 1.38. The van der Waals surface area contributed by atoms with Gasteiger partial charge in [-0.05, 0) is 11.5 Å². The fourth-order valence-electron chi connectivity index (χ4n) is 1.60. The standard InChI is InChI=1S/C13H16N2OS/c1-10(12-6-4-3-5-7-12)8-17-9-13-15-14-11(2)16-13/h3-7,10H,8-9H2,1-2H3. The molecule has 1 heterocycles. The van der Waals surface area contributed by atoms with E-state index in [1.54, 1.807) is 0 Å². The van der Waals surface area contributed by atoms with Crippen LogP contribution in [-0.4, -0.2) is 16.0 Å². The fourth-order valence-corrected chi connectivity index (χ4v) is 2.55. The number of aryl methyl sites for hydroxylation is 1. The molecule has 4 heteroatoms. The van der Waals surface area contributed by atoms with Crippen molar-refractivity contribution < 1.29 is 4.42 Å². The Morgan fingerprint density at radius 3 is 2.65 bits per heavy atom. The van der Waals surface area contributed by atoms with E-state index < -0.39 is 0 Å². The van der Waals surface area contributed by atoms with Gasteiger partial charge in [-0.1, -0.05) is 37.3 Å². The van der Waals surface area contributed by atoms with Crippen LogP contribution < -0.4 is 0 Å². The SMILES string of the molecule is Cc1nnc(CSCC(C)c2ccccc2)o1. The van der Waals surface area contributed by atoms with Crippen LogP contribution in [0.15, 0.2) is 34.7 Å². The molecule has 1 unspecified atom stereocenters. The molecule has 2 aromatic rings. The number of aromatic nitrogens is 2. The third-order valence-electron chi connectivity index (χ3n) is 2.53. The summed E-state index contributed by atoms with van der Waals surface area (Å²) in [4.78, 5) is 0. The van der Waals surface area contributed by atoms with Crippen molar-refractivity contribution in [2.75, 3.05) is 5.75 Å². The molecule has 2 rings (SSSR count). The Kier molecular flexibility index (Phi) is 4.20. The van der Waals surface area contributed by atoms with Gasteiger partial charge in [0.2, 0.25) is 11.8 Å². The van der Waals surface area contributed by atoms with Gasteiger partial charge in [0.05, 0.1) is 5.75 Å². The van der Waals surface area contributed by atoms with Crippen LogP contribution >= 0.6 is 11.8 Å². The molecule has 0 amide bonds. The molecule has 0 N–H and O–H groups in total.